The van der Waals surface area contributed by atoms with Gasteiger partial charge in [-0.3, -0.25) is 0 Å². The zero-order valence-electron chi connectivity index (χ0n) is 11.6. The Morgan fingerprint density at radius 3 is 2.70 bits per heavy atom. The minimum Gasteiger partial charge on any atom is -0.354 e. The van der Waals surface area contributed by atoms with E-state index in [0.29, 0.717) is 18.4 Å². The number of aromatic amines is 1. The molecule has 20 heavy (non-hydrogen) atoms. The van der Waals surface area contributed by atoms with E-state index in [2.05, 4.69) is 30.2 Å². The summed E-state index contributed by atoms with van der Waals surface area (Å²) in [7, 11) is 0. The second-order valence-corrected chi connectivity index (χ2v) is 4.45. The molecule has 2 aromatic heterocycles. The number of imidazole rings is 1. The van der Waals surface area contributed by atoms with Crippen LogP contribution in [0.2, 0.25) is 5.28 Å². The number of hydrogen-bond acceptors (Lipinski definition) is 6. The van der Waals surface area contributed by atoms with Crippen LogP contribution in [0.15, 0.2) is 12.4 Å². The second-order valence-electron chi connectivity index (χ2n) is 4.11. The number of rotatable bonds is 7. The number of anilines is 2. The molecule has 0 saturated heterocycles. The Hall–Kier alpha value is -1.89. The number of nitrogens with one attached hydrogen (secondary N) is 2. The van der Waals surface area contributed by atoms with Gasteiger partial charge in [0, 0.05) is 38.4 Å². The van der Waals surface area contributed by atoms with E-state index in [4.69, 9.17) is 11.6 Å². The summed E-state index contributed by atoms with van der Waals surface area (Å²) in [6, 6.07) is 0. The highest BCUT2D eigenvalue weighted by Crippen LogP contribution is 2.13. The number of aromatic nitrogens is 5. The highest BCUT2D eigenvalue weighted by atomic mass is 35.5. The number of hydrogen-bond donors (Lipinski definition) is 2. The number of halogens is 1. The molecule has 0 unspecified atom stereocenters. The maximum absolute atomic E-state index is 5.94. The number of nitrogens with zero attached hydrogens (tertiary/aromatic N) is 5. The van der Waals surface area contributed by atoms with Gasteiger partial charge in [-0.15, -0.1) is 0 Å². The third-order valence-corrected chi connectivity index (χ3v) is 3.01. The second kappa shape index (κ2) is 7.04. The van der Waals surface area contributed by atoms with E-state index < -0.39 is 0 Å². The molecule has 0 saturated carbocycles. The summed E-state index contributed by atoms with van der Waals surface area (Å²) in [6.07, 6.45) is 4.29. The highest BCUT2D eigenvalue weighted by molar-refractivity contribution is 6.28. The summed E-state index contributed by atoms with van der Waals surface area (Å²) < 4.78 is 0. The summed E-state index contributed by atoms with van der Waals surface area (Å²) in [6.45, 7) is 6.41. The minimum absolute atomic E-state index is 0.197. The lowest BCUT2D eigenvalue weighted by molar-refractivity contribution is 0.809. The lowest BCUT2D eigenvalue weighted by Gasteiger charge is -2.18. The van der Waals surface area contributed by atoms with E-state index in [1.165, 1.54) is 0 Å². The van der Waals surface area contributed by atoms with Crippen molar-refractivity contribution in [3.8, 4) is 0 Å². The first-order chi connectivity index (χ1) is 9.72. The average molecular weight is 296 g/mol. The molecule has 7 nitrogen and oxygen atoms in total. The molecule has 0 aromatic carbocycles. The molecule has 8 heteroatoms. The topological polar surface area (TPSA) is 82.6 Å². The van der Waals surface area contributed by atoms with Gasteiger partial charge >= 0.3 is 0 Å². The van der Waals surface area contributed by atoms with Gasteiger partial charge in [0.25, 0.3) is 0 Å². The van der Waals surface area contributed by atoms with Crippen LogP contribution in [-0.2, 0) is 6.42 Å². The molecular formula is C12H18ClN7. The van der Waals surface area contributed by atoms with Crippen molar-refractivity contribution in [1.82, 2.24) is 24.9 Å². The SMILES string of the molecule is CCN(CC)c1nc(Cl)nc(NCCc2ncc[nH]2)n1. The third kappa shape index (κ3) is 3.80. The van der Waals surface area contributed by atoms with Crippen molar-refractivity contribution in [2.75, 3.05) is 29.9 Å². The van der Waals surface area contributed by atoms with Crippen LogP contribution in [-0.4, -0.2) is 44.6 Å². The zero-order valence-corrected chi connectivity index (χ0v) is 12.4. The predicted molar refractivity (Wildman–Crippen MR) is 79.2 cm³/mol. The highest BCUT2D eigenvalue weighted by Gasteiger charge is 2.09. The van der Waals surface area contributed by atoms with Gasteiger partial charge in [0.1, 0.15) is 5.82 Å². The van der Waals surface area contributed by atoms with Crippen LogP contribution in [0.5, 0.6) is 0 Å². The van der Waals surface area contributed by atoms with Crippen LogP contribution in [0.3, 0.4) is 0 Å². The van der Waals surface area contributed by atoms with Gasteiger partial charge in [-0.25, -0.2) is 4.98 Å². The van der Waals surface area contributed by atoms with Crippen molar-refractivity contribution in [2.45, 2.75) is 20.3 Å². The molecule has 2 N–H and O–H groups in total. The lowest BCUT2D eigenvalue weighted by atomic mass is 10.4. The molecule has 2 rings (SSSR count). The van der Waals surface area contributed by atoms with Crippen molar-refractivity contribution < 1.29 is 0 Å². The Balaban J connectivity index is 2.00. The van der Waals surface area contributed by atoms with Gasteiger partial charge in [0.05, 0.1) is 0 Å². The maximum Gasteiger partial charge on any atom is 0.231 e. The molecule has 0 aliphatic heterocycles. The standard InChI is InChI=1S/C12H18ClN7/c1-3-20(4-2)12-18-10(13)17-11(19-12)16-6-5-9-14-7-8-15-9/h7-8H,3-6H2,1-2H3,(H,14,15)(H,16,17,18,19). The minimum atomic E-state index is 0.197. The Morgan fingerprint density at radius 1 is 1.25 bits per heavy atom. The summed E-state index contributed by atoms with van der Waals surface area (Å²) in [5.41, 5.74) is 0. The summed E-state index contributed by atoms with van der Waals surface area (Å²) in [4.78, 5) is 21.8. The fourth-order valence-electron chi connectivity index (χ4n) is 1.79. The normalized spacial score (nSPS) is 10.6. The third-order valence-electron chi connectivity index (χ3n) is 2.84. The molecule has 0 fully saturated rings. The van der Waals surface area contributed by atoms with E-state index in [-0.39, 0.29) is 5.28 Å². The van der Waals surface area contributed by atoms with Crippen LogP contribution in [0.4, 0.5) is 11.9 Å². The Kier molecular flexibility index (Phi) is 5.11. The monoisotopic (exact) mass is 295 g/mol. The summed E-state index contributed by atoms with van der Waals surface area (Å²) >= 11 is 5.94. The predicted octanol–water partition coefficient (Wildman–Crippen LogP) is 1.75. The largest absolute Gasteiger partial charge is 0.354 e. The number of H-pyrrole nitrogens is 1. The van der Waals surface area contributed by atoms with Gasteiger partial charge in [0.2, 0.25) is 17.2 Å². The van der Waals surface area contributed by atoms with Gasteiger partial charge in [-0.2, -0.15) is 15.0 Å². The zero-order chi connectivity index (χ0) is 14.4. The molecule has 0 bridgehead atoms. The van der Waals surface area contributed by atoms with Crippen LogP contribution in [0, 0.1) is 0 Å². The first kappa shape index (κ1) is 14.5. The molecule has 0 aliphatic rings. The summed E-state index contributed by atoms with van der Waals surface area (Å²) in [5, 5.41) is 3.33. The quantitative estimate of drug-likeness (QED) is 0.810. The van der Waals surface area contributed by atoms with Crippen molar-refractivity contribution in [3.63, 3.8) is 0 Å². The Labute approximate surface area is 122 Å². The van der Waals surface area contributed by atoms with Gasteiger partial charge < -0.3 is 15.2 Å². The van der Waals surface area contributed by atoms with Crippen LogP contribution in [0.25, 0.3) is 0 Å². The molecular weight excluding hydrogens is 278 g/mol. The average Bonchev–Trinajstić information content (AvgIpc) is 2.93. The van der Waals surface area contributed by atoms with Crippen LogP contribution >= 0.6 is 11.6 Å². The fraction of sp³-hybridized carbons (Fsp3) is 0.500. The van der Waals surface area contributed by atoms with Gasteiger partial charge in [-0.05, 0) is 25.4 Å². The molecule has 0 spiro atoms. The van der Waals surface area contributed by atoms with Gasteiger partial charge in [-0.1, -0.05) is 0 Å². The molecule has 0 amide bonds. The van der Waals surface area contributed by atoms with Crippen molar-refractivity contribution in [2.24, 2.45) is 0 Å². The van der Waals surface area contributed by atoms with E-state index in [1.807, 2.05) is 18.7 Å². The molecule has 2 heterocycles. The van der Waals surface area contributed by atoms with E-state index >= 15 is 0 Å². The molecule has 108 valence electrons. The molecule has 0 aliphatic carbocycles. The maximum atomic E-state index is 5.94. The first-order valence-electron chi connectivity index (χ1n) is 6.61. The lowest BCUT2D eigenvalue weighted by Crippen LogP contribution is -2.25. The van der Waals surface area contributed by atoms with Crippen LogP contribution in [0.1, 0.15) is 19.7 Å². The fourth-order valence-corrected chi connectivity index (χ4v) is 1.95. The first-order valence-corrected chi connectivity index (χ1v) is 6.99. The Bertz CT molecular complexity index is 525. The van der Waals surface area contributed by atoms with Crippen molar-refractivity contribution in [3.05, 3.63) is 23.5 Å². The molecule has 2 aromatic rings. The van der Waals surface area contributed by atoms with E-state index in [0.717, 1.165) is 25.3 Å². The molecule has 0 radical (unpaired) electrons. The smallest absolute Gasteiger partial charge is 0.231 e. The van der Waals surface area contributed by atoms with Crippen LogP contribution < -0.4 is 10.2 Å². The van der Waals surface area contributed by atoms with Crippen molar-refractivity contribution >= 4 is 23.5 Å². The van der Waals surface area contributed by atoms with Gasteiger partial charge in [0.15, 0.2) is 0 Å². The molecule has 0 atom stereocenters. The van der Waals surface area contributed by atoms with E-state index in [9.17, 15) is 0 Å². The van der Waals surface area contributed by atoms with Crippen molar-refractivity contribution in [1.29, 1.82) is 0 Å². The summed E-state index contributed by atoms with van der Waals surface area (Å²) in [5.74, 6) is 2.00. The van der Waals surface area contributed by atoms with E-state index in [1.54, 1.807) is 12.4 Å². The Morgan fingerprint density at radius 2 is 2.05 bits per heavy atom.